The van der Waals surface area contributed by atoms with Crippen molar-refractivity contribution < 1.29 is 9.53 Å². The lowest BCUT2D eigenvalue weighted by Crippen LogP contribution is -2.14. The van der Waals surface area contributed by atoms with E-state index >= 15 is 0 Å². The van der Waals surface area contributed by atoms with Crippen LogP contribution in [0.1, 0.15) is 39.4 Å². The molecule has 0 aliphatic heterocycles. The third-order valence-electron chi connectivity index (χ3n) is 5.74. The minimum atomic E-state index is -0.310. The van der Waals surface area contributed by atoms with Crippen molar-refractivity contribution in [3.63, 3.8) is 0 Å². The molecule has 3 atom stereocenters. The Kier molecular flexibility index (Phi) is 5.85. The zero-order chi connectivity index (χ0) is 20.5. The molecule has 28 heavy (non-hydrogen) atoms. The zero-order valence-corrected chi connectivity index (χ0v) is 17.9. The van der Waals surface area contributed by atoms with Gasteiger partial charge in [-0.2, -0.15) is 0 Å². The lowest BCUT2D eigenvalue weighted by atomic mass is 10.1. The molecule has 1 saturated carbocycles. The molecule has 1 aliphatic rings. The van der Waals surface area contributed by atoms with Crippen LogP contribution in [0.25, 0.3) is 0 Å². The summed E-state index contributed by atoms with van der Waals surface area (Å²) >= 11 is 6.01. The summed E-state index contributed by atoms with van der Waals surface area (Å²) in [6, 6.07) is 18.3. The number of hydrogen-bond acceptors (Lipinski definition) is 3. The second-order valence-electron chi connectivity index (χ2n) is 8.15. The van der Waals surface area contributed by atoms with E-state index in [0.717, 1.165) is 22.0 Å². The fourth-order valence-corrected chi connectivity index (χ4v) is 3.92. The predicted octanol–water partition coefficient (Wildman–Crippen LogP) is 6.47. The van der Waals surface area contributed by atoms with E-state index in [1.807, 2.05) is 57.3 Å². The molecule has 3 unspecified atom stereocenters. The van der Waals surface area contributed by atoms with Crippen LogP contribution in [0.2, 0.25) is 0 Å². The molecule has 2 aromatic rings. The number of hydrogen-bond donors (Lipinski definition) is 0. The number of nitrogens with zero attached hydrogens (tertiary/aromatic N) is 1. The molecule has 0 amide bonds. The van der Waals surface area contributed by atoms with Crippen molar-refractivity contribution in [1.82, 2.24) is 0 Å². The molecule has 148 valence electrons. The Morgan fingerprint density at radius 1 is 1.14 bits per heavy atom. The summed E-state index contributed by atoms with van der Waals surface area (Å²) in [7, 11) is 2.03. The minimum Gasteiger partial charge on any atom is -0.458 e. The Bertz CT molecular complexity index is 871. The number of carbonyl (C=O) groups is 1. The Hall–Kier alpha value is -2.26. The Labute approximate surface area is 173 Å². The second kappa shape index (κ2) is 8.00. The van der Waals surface area contributed by atoms with Crippen LogP contribution in [0.5, 0.6) is 0 Å². The monoisotopic (exact) mass is 397 g/mol. The number of para-hydroxylation sites is 1. The van der Waals surface area contributed by atoms with Crippen molar-refractivity contribution in [2.24, 2.45) is 17.3 Å². The maximum Gasteiger partial charge on any atom is 0.310 e. The summed E-state index contributed by atoms with van der Waals surface area (Å²) in [5.41, 5.74) is 3.03. The van der Waals surface area contributed by atoms with Crippen molar-refractivity contribution in [2.45, 2.75) is 33.8 Å². The van der Waals surface area contributed by atoms with E-state index in [-0.39, 0.29) is 29.3 Å². The van der Waals surface area contributed by atoms with Crippen LogP contribution < -0.4 is 4.90 Å². The summed E-state index contributed by atoms with van der Waals surface area (Å²) in [4.78, 5) is 14.8. The molecule has 3 nitrogen and oxygen atoms in total. The van der Waals surface area contributed by atoms with Gasteiger partial charge in [0.1, 0.15) is 6.10 Å². The molecule has 4 heteroatoms. The zero-order valence-electron chi connectivity index (χ0n) is 17.1. The van der Waals surface area contributed by atoms with Crippen LogP contribution in [0.4, 0.5) is 11.4 Å². The van der Waals surface area contributed by atoms with E-state index in [0.29, 0.717) is 0 Å². The third-order valence-corrected chi connectivity index (χ3v) is 5.86. The lowest BCUT2D eigenvalue weighted by molar-refractivity contribution is -0.151. The van der Waals surface area contributed by atoms with Crippen LogP contribution in [0.3, 0.4) is 0 Å². The molecule has 1 aliphatic carbocycles. The highest BCUT2D eigenvalue weighted by molar-refractivity contribution is 6.29. The molecule has 0 aromatic heterocycles. The van der Waals surface area contributed by atoms with Crippen molar-refractivity contribution in [1.29, 1.82) is 0 Å². The fourth-order valence-electron chi connectivity index (χ4n) is 3.79. The van der Waals surface area contributed by atoms with Crippen LogP contribution in [-0.2, 0) is 9.53 Å². The largest absolute Gasteiger partial charge is 0.458 e. The van der Waals surface area contributed by atoms with Gasteiger partial charge in [0.15, 0.2) is 0 Å². The molecule has 0 heterocycles. The van der Waals surface area contributed by atoms with Gasteiger partial charge in [0.05, 0.1) is 5.92 Å². The molecule has 0 N–H and O–H groups in total. The van der Waals surface area contributed by atoms with Crippen molar-refractivity contribution in [2.75, 3.05) is 11.9 Å². The first kappa shape index (κ1) is 20.5. The summed E-state index contributed by atoms with van der Waals surface area (Å²) in [5, 5.41) is 0.720. The highest BCUT2D eigenvalue weighted by Gasteiger charge is 2.61. The number of allylic oxidation sites excluding steroid dienone is 2. The number of carbonyl (C=O) groups excluding carboxylic acids is 1. The second-order valence-corrected chi connectivity index (χ2v) is 8.74. The molecule has 1 fully saturated rings. The van der Waals surface area contributed by atoms with Gasteiger partial charge in [-0.05, 0) is 55.0 Å². The number of esters is 1. The van der Waals surface area contributed by atoms with E-state index in [1.54, 1.807) is 0 Å². The summed E-state index contributed by atoms with van der Waals surface area (Å²) in [5.74, 6) is -0.155. The van der Waals surface area contributed by atoms with Crippen molar-refractivity contribution in [3.8, 4) is 0 Å². The predicted molar refractivity (Wildman–Crippen MR) is 116 cm³/mol. The number of anilines is 2. The van der Waals surface area contributed by atoms with Crippen molar-refractivity contribution >= 4 is 28.9 Å². The highest BCUT2D eigenvalue weighted by Crippen LogP contribution is 2.60. The third kappa shape index (κ3) is 4.25. The van der Waals surface area contributed by atoms with Gasteiger partial charge in [0.2, 0.25) is 0 Å². The number of rotatable bonds is 6. The van der Waals surface area contributed by atoms with Gasteiger partial charge in [0.25, 0.3) is 0 Å². The molecule has 0 saturated heterocycles. The van der Waals surface area contributed by atoms with Gasteiger partial charge in [-0.3, -0.25) is 4.79 Å². The average Bonchev–Trinajstić information content (AvgIpc) is 3.21. The van der Waals surface area contributed by atoms with Crippen LogP contribution in [0, 0.1) is 17.3 Å². The standard InChI is InChI=1S/C24H28ClNO2/c1-16(25)14-21-22(24(21,3)4)23(27)28-17(2)18-10-9-13-20(15-18)26(5)19-11-7-6-8-12-19/h6-15,17,21-22H,1-5H3. The number of ether oxygens (including phenoxy) is 1. The molecule has 2 aromatic carbocycles. The smallest absolute Gasteiger partial charge is 0.310 e. The molecular weight excluding hydrogens is 370 g/mol. The van der Waals surface area contributed by atoms with Crippen LogP contribution >= 0.6 is 11.6 Å². The molecular formula is C24H28ClNO2. The first-order chi connectivity index (χ1) is 13.2. The van der Waals surface area contributed by atoms with E-state index in [1.165, 1.54) is 0 Å². The van der Waals surface area contributed by atoms with E-state index in [4.69, 9.17) is 16.3 Å². The van der Waals surface area contributed by atoms with Crippen LogP contribution in [-0.4, -0.2) is 13.0 Å². The summed E-state index contributed by atoms with van der Waals surface area (Å²) in [6.45, 7) is 7.93. The van der Waals surface area contributed by atoms with Gasteiger partial charge in [-0.25, -0.2) is 0 Å². The topological polar surface area (TPSA) is 29.5 Å². The summed E-state index contributed by atoms with van der Waals surface area (Å²) < 4.78 is 5.82. The Balaban J connectivity index is 1.71. The average molecular weight is 398 g/mol. The minimum absolute atomic E-state index is 0.109. The van der Waals surface area contributed by atoms with E-state index < -0.39 is 0 Å². The van der Waals surface area contributed by atoms with E-state index in [2.05, 4.69) is 43.0 Å². The van der Waals surface area contributed by atoms with Crippen molar-refractivity contribution in [3.05, 3.63) is 71.3 Å². The maximum absolute atomic E-state index is 12.7. The summed E-state index contributed by atoms with van der Waals surface area (Å²) in [6.07, 6.45) is 1.66. The fraction of sp³-hybridized carbons (Fsp3) is 0.375. The van der Waals surface area contributed by atoms with Gasteiger partial charge < -0.3 is 9.64 Å². The number of benzene rings is 2. The van der Waals surface area contributed by atoms with Gasteiger partial charge in [0, 0.05) is 23.5 Å². The van der Waals surface area contributed by atoms with Gasteiger partial charge in [-0.1, -0.05) is 61.9 Å². The first-order valence-electron chi connectivity index (χ1n) is 9.65. The molecule has 0 bridgehead atoms. The molecule has 0 spiro atoms. The normalized spacial score (nSPS) is 21.7. The van der Waals surface area contributed by atoms with Gasteiger partial charge in [-0.15, -0.1) is 0 Å². The number of halogens is 1. The van der Waals surface area contributed by atoms with Gasteiger partial charge >= 0.3 is 5.97 Å². The maximum atomic E-state index is 12.7. The highest BCUT2D eigenvalue weighted by atomic mass is 35.5. The quantitative estimate of drug-likeness (QED) is 0.523. The lowest BCUT2D eigenvalue weighted by Gasteiger charge is -2.21. The SMILES string of the molecule is CC(Cl)=CC1C(C(=O)OC(C)c2cccc(N(C)c3ccccc3)c2)C1(C)C. The molecule has 0 radical (unpaired) electrons. The Morgan fingerprint density at radius 2 is 1.79 bits per heavy atom. The van der Waals surface area contributed by atoms with Crippen LogP contribution in [0.15, 0.2) is 65.7 Å². The Morgan fingerprint density at radius 3 is 2.43 bits per heavy atom. The first-order valence-corrected chi connectivity index (χ1v) is 10.0. The molecule has 3 rings (SSSR count). The van der Waals surface area contributed by atoms with E-state index in [9.17, 15) is 4.79 Å².